The van der Waals surface area contributed by atoms with E-state index in [9.17, 15) is 4.79 Å². The Morgan fingerprint density at radius 2 is 1.90 bits per heavy atom. The zero-order valence-electron chi connectivity index (χ0n) is 13.1. The number of hydrogen-bond donors (Lipinski definition) is 2. The highest BCUT2D eigenvalue weighted by Gasteiger charge is 2.12. The predicted molar refractivity (Wildman–Crippen MR) is 83.2 cm³/mol. The summed E-state index contributed by atoms with van der Waals surface area (Å²) in [7, 11) is 0. The van der Waals surface area contributed by atoms with Gasteiger partial charge in [-0.1, -0.05) is 26.0 Å². The molecule has 0 bridgehead atoms. The standard InChI is InChI=1S/C16H26N2O2/c1-12(2)11-20-14-9-7-6-8-13(14)18-15(19)10-17-16(3,4)5/h6-9,12,17H,10-11H2,1-5H3,(H,18,19). The first-order valence-electron chi connectivity index (χ1n) is 7.04. The number of amides is 1. The largest absolute Gasteiger partial charge is 0.491 e. The Labute approximate surface area is 121 Å². The average molecular weight is 278 g/mol. The highest BCUT2D eigenvalue weighted by molar-refractivity contribution is 5.93. The van der Waals surface area contributed by atoms with E-state index in [1.165, 1.54) is 0 Å². The second kappa shape index (κ2) is 7.29. The SMILES string of the molecule is CC(C)COc1ccccc1NC(=O)CNC(C)(C)C. The van der Waals surface area contributed by atoms with Gasteiger partial charge in [-0.3, -0.25) is 4.79 Å². The summed E-state index contributed by atoms with van der Waals surface area (Å²) in [4.78, 5) is 11.9. The molecule has 1 rings (SSSR count). The fraction of sp³-hybridized carbons (Fsp3) is 0.562. The fourth-order valence-corrected chi connectivity index (χ4v) is 1.49. The first kappa shape index (κ1) is 16.5. The second-order valence-electron chi connectivity index (χ2n) is 6.35. The van der Waals surface area contributed by atoms with Crippen LogP contribution in [0.2, 0.25) is 0 Å². The summed E-state index contributed by atoms with van der Waals surface area (Å²) in [6, 6.07) is 7.51. The van der Waals surface area contributed by atoms with Gasteiger partial charge >= 0.3 is 0 Å². The Bertz CT molecular complexity index is 436. The van der Waals surface area contributed by atoms with Crippen molar-refractivity contribution in [2.24, 2.45) is 5.92 Å². The van der Waals surface area contributed by atoms with Crippen molar-refractivity contribution in [3.8, 4) is 5.75 Å². The molecule has 2 N–H and O–H groups in total. The lowest BCUT2D eigenvalue weighted by Crippen LogP contribution is -2.41. The molecule has 0 aromatic heterocycles. The third kappa shape index (κ3) is 6.57. The number of carbonyl (C=O) groups excluding carboxylic acids is 1. The van der Waals surface area contributed by atoms with Gasteiger partial charge in [-0.15, -0.1) is 0 Å². The highest BCUT2D eigenvalue weighted by Crippen LogP contribution is 2.24. The van der Waals surface area contributed by atoms with Crippen LogP contribution >= 0.6 is 0 Å². The Morgan fingerprint density at radius 1 is 1.25 bits per heavy atom. The zero-order chi connectivity index (χ0) is 15.2. The van der Waals surface area contributed by atoms with Crippen molar-refractivity contribution in [2.75, 3.05) is 18.5 Å². The van der Waals surface area contributed by atoms with Crippen molar-refractivity contribution >= 4 is 11.6 Å². The molecule has 0 atom stereocenters. The third-order valence-electron chi connectivity index (χ3n) is 2.51. The summed E-state index contributed by atoms with van der Waals surface area (Å²) in [6.45, 7) is 11.2. The van der Waals surface area contributed by atoms with Gasteiger partial charge in [0, 0.05) is 5.54 Å². The summed E-state index contributed by atoms with van der Waals surface area (Å²) >= 11 is 0. The molecule has 0 saturated heterocycles. The van der Waals surface area contributed by atoms with Gasteiger partial charge < -0.3 is 15.4 Å². The molecular weight excluding hydrogens is 252 g/mol. The van der Waals surface area contributed by atoms with E-state index >= 15 is 0 Å². The predicted octanol–water partition coefficient (Wildman–Crippen LogP) is 3.05. The second-order valence-corrected chi connectivity index (χ2v) is 6.35. The Hall–Kier alpha value is -1.55. The van der Waals surface area contributed by atoms with E-state index < -0.39 is 0 Å². The first-order valence-corrected chi connectivity index (χ1v) is 7.04. The first-order chi connectivity index (χ1) is 9.28. The lowest BCUT2D eigenvalue weighted by molar-refractivity contribution is -0.115. The average Bonchev–Trinajstić information content (AvgIpc) is 2.34. The van der Waals surface area contributed by atoms with Crippen LogP contribution in [0.3, 0.4) is 0 Å². The molecule has 20 heavy (non-hydrogen) atoms. The molecule has 4 heteroatoms. The zero-order valence-corrected chi connectivity index (χ0v) is 13.1. The van der Waals surface area contributed by atoms with E-state index in [2.05, 4.69) is 24.5 Å². The molecule has 0 saturated carbocycles. The van der Waals surface area contributed by atoms with Gasteiger partial charge in [0.05, 0.1) is 18.8 Å². The van der Waals surface area contributed by atoms with Crippen LogP contribution < -0.4 is 15.4 Å². The minimum absolute atomic E-state index is 0.0690. The maximum atomic E-state index is 11.9. The summed E-state index contributed by atoms with van der Waals surface area (Å²) in [6.07, 6.45) is 0. The van der Waals surface area contributed by atoms with Crippen LogP contribution in [-0.2, 0) is 4.79 Å². The monoisotopic (exact) mass is 278 g/mol. The quantitative estimate of drug-likeness (QED) is 0.841. The van der Waals surface area contributed by atoms with Crippen LogP contribution in [0, 0.1) is 5.92 Å². The summed E-state index contributed by atoms with van der Waals surface area (Å²) in [5, 5.41) is 6.04. The van der Waals surface area contributed by atoms with Crippen LogP contribution in [0.1, 0.15) is 34.6 Å². The van der Waals surface area contributed by atoms with Gasteiger partial charge in [-0.2, -0.15) is 0 Å². The van der Waals surface area contributed by atoms with Crippen molar-refractivity contribution in [1.82, 2.24) is 5.32 Å². The molecule has 1 aromatic rings. The molecular formula is C16H26N2O2. The molecule has 4 nitrogen and oxygen atoms in total. The van der Waals surface area contributed by atoms with E-state index in [1.54, 1.807) is 0 Å². The minimum atomic E-state index is -0.0784. The van der Waals surface area contributed by atoms with Gasteiger partial charge in [0.15, 0.2) is 0 Å². The van der Waals surface area contributed by atoms with Crippen LogP contribution in [0.4, 0.5) is 5.69 Å². The molecule has 1 amide bonds. The topological polar surface area (TPSA) is 50.4 Å². The fourth-order valence-electron chi connectivity index (χ4n) is 1.49. The van der Waals surface area contributed by atoms with Gasteiger partial charge in [-0.25, -0.2) is 0 Å². The molecule has 0 aliphatic heterocycles. The number of rotatable bonds is 6. The Morgan fingerprint density at radius 3 is 2.50 bits per heavy atom. The van der Waals surface area contributed by atoms with Gasteiger partial charge in [-0.05, 0) is 38.8 Å². The smallest absolute Gasteiger partial charge is 0.238 e. The lowest BCUT2D eigenvalue weighted by Gasteiger charge is -2.20. The van der Waals surface area contributed by atoms with Crippen molar-refractivity contribution in [2.45, 2.75) is 40.2 Å². The molecule has 0 aliphatic rings. The maximum Gasteiger partial charge on any atom is 0.238 e. The van der Waals surface area contributed by atoms with Crippen LogP contribution in [-0.4, -0.2) is 24.6 Å². The molecule has 0 fully saturated rings. The number of anilines is 1. The number of hydrogen-bond acceptors (Lipinski definition) is 3. The number of nitrogens with one attached hydrogen (secondary N) is 2. The summed E-state index contributed by atoms with van der Waals surface area (Å²) < 4.78 is 5.71. The van der Waals surface area contributed by atoms with Crippen molar-refractivity contribution in [1.29, 1.82) is 0 Å². The molecule has 112 valence electrons. The van der Waals surface area contributed by atoms with E-state index in [-0.39, 0.29) is 18.0 Å². The number of benzene rings is 1. The maximum absolute atomic E-state index is 11.9. The van der Waals surface area contributed by atoms with Crippen LogP contribution in [0.25, 0.3) is 0 Å². The van der Waals surface area contributed by atoms with E-state index in [1.807, 2.05) is 45.0 Å². The Balaban J connectivity index is 2.60. The van der Waals surface area contributed by atoms with Crippen molar-refractivity contribution in [3.63, 3.8) is 0 Å². The number of ether oxygens (including phenoxy) is 1. The van der Waals surface area contributed by atoms with E-state index in [0.29, 0.717) is 24.0 Å². The van der Waals surface area contributed by atoms with Crippen molar-refractivity contribution in [3.05, 3.63) is 24.3 Å². The molecule has 0 aliphatic carbocycles. The normalized spacial score (nSPS) is 11.5. The van der Waals surface area contributed by atoms with Crippen molar-refractivity contribution < 1.29 is 9.53 Å². The minimum Gasteiger partial charge on any atom is -0.491 e. The molecule has 0 radical (unpaired) electrons. The van der Waals surface area contributed by atoms with Crippen LogP contribution in [0.15, 0.2) is 24.3 Å². The third-order valence-corrected chi connectivity index (χ3v) is 2.51. The lowest BCUT2D eigenvalue weighted by atomic mass is 10.1. The van der Waals surface area contributed by atoms with Crippen LogP contribution in [0.5, 0.6) is 5.75 Å². The summed E-state index contributed by atoms with van der Waals surface area (Å²) in [5.41, 5.74) is 0.638. The number of carbonyl (C=O) groups is 1. The summed E-state index contributed by atoms with van der Waals surface area (Å²) in [5.74, 6) is 1.09. The van der Waals surface area contributed by atoms with Gasteiger partial charge in [0.2, 0.25) is 5.91 Å². The Kier molecular flexibility index (Phi) is 6.02. The molecule has 0 spiro atoms. The molecule has 0 heterocycles. The number of para-hydroxylation sites is 2. The van der Waals surface area contributed by atoms with Gasteiger partial charge in [0.25, 0.3) is 0 Å². The molecule has 1 aromatic carbocycles. The highest BCUT2D eigenvalue weighted by atomic mass is 16.5. The van der Waals surface area contributed by atoms with E-state index in [4.69, 9.17) is 4.74 Å². The van der Waals surface area contributed by atoms with E-state index in [0.717, 1.165) is 0 Å². The molecule has 0 unspecified atom stereocenters. The van der Waals surface area contributed by atoms with Gasteiger partial charge in [0.1, 0.15) is 5.75 Å².